The first-order valence-electron chi connectivity index (χ1n) is 12.3. The number of halogens is 3. The molecule has 2 aromatic carbocycles. The molecule has 5 rings (SSSR count). The zero-order chi connectivity index (χ0) is 27.4. The number of esters is 1. The Bertz CT molecular complexity index is 1500. The summed E-state index contributed by atoms with van der Waals surface area (Å²) in [5, 5.41) is 10.2. The number of ether oxygens (including phenoxy) is 1. The number of carbonyl (C=O) groups is 2. The van der Waals surface area contributed by atoms with Crippen molar-refractivity contribution in [2.45, 2.75) is 25.0 Å². The highest BCUT2D eigenvalue weighted by Gasteiger charge is 2.28. The number of carbonyl (C=O) groups excluding carboxylic acids is 2. The molecule has 13 heteroatoms. The van der Waals surface area contributed by atoms with Crippen LogP contribution in [0.15, 0.2) is 67.1 Å². The van der Waals surface area contributed by atoms with Crippen LogP contribution in [0.25, 0.3) is 11.3 Å². The summed E-state index contributed by atoms with van der Waals surface area (Å²) in [4.78, 5) is 34.8. The largest absolute Gasteiger partial charge is 0.442 e. The third-order valence-corrected chi connectivity index (χ3v) is 6.33. The van der Waals surface area contributed by atoms with Crippen LogP contribution in [0.1, 0.15) is 41.0 Å². The molecule has 40 heavy (non-hydrogen) atoms. The molecule has 1 atom stereocenters. The van der Waals surface area contributed by atoms with Gasteiger partial charge in [-0.25, -0.2) is 23.5 Å². The van der Waals surface area contributed by atoms with Gasteiger partial charge in [0, 0.05) is 29.1 Å². The number of nitrogens with zero attached hydrogens (tertiary/aromatic N) is 4. The van der Waals surface area contributed by atoms with Gasteiger partial charge in [0.05, 0.1) is 24.1 Å². The van der Waals surface area contributed by atoms with Crippen molar-refractivity contribution in [2.75, 3.05) is 24.1 Å². The summed E-state index contributed by atoms with van der Waals surface area (Å²) in [7, 11) is 0. The van der Waals surface area contributed by atoms with Crippen LogP contribution in [0.3, 0.4) is 0 Å². The summed E-state index contributed by atoms with van der Waals surface area (Å²) in [5.74, 6) is -4.14. The van der Waals surface area contributed by atoms with E-state index in [0.717, 1.165) is 38.1 Å². The summed E-state index contributed by atoms with van der Waals surface area (Å²) in [6, 6.07) is 11.4. The van der Waals surface area contributed by atoms with Gasteiger partial charge in [0.15, 0.2) is 23.1 Å². The van der Waals surface area contributed by atoms with Gasteiger partial charge in [-0.1, -0.05) is 30.3 Å². The van der Waals surface area contributed by atoms with E-state index in [1.807, 2.05) is 10.9 Å². The number of piperidine rings is 1. The third-order valence-electron chi connectivity index (χ3n) is 6.33. The Hall–Kier alpha value is -4.42. The lowest BCUT2D eigenvalue weighted by Crippen LogP contribution is -2.29. The second kappa shape index (κ2) is 12.6. The molecule has 4 aromatic rings. The summed E-state index contributed by atoms with van der Waals surface area (Å²) in [5.41, 5.74) is 7.02. The van der Waals surface area contributed by atoms with E-state index in [0.29, 0.717) is 16.8 Å². The van der Waals surface area contributed by atoms with Gasteiger partial charge in [0.25, 0.3) is 5.91 Å². The van der Waals surface area contributed by atoms with Crippen molar-refractivity contribution in [3.63, 3.8) is 0 Å². The van der Waals surface area contributed by atoms with Crippen molar-refractivity contribution < 1.29 is 23.1 Å². The van der Waals surface area contributed by atoms with Crippen LogP contribution in [0.4, 0.5) is 20.3 Å². The van der Waals surface area contributed by atoms with Crippen LogP contribution < -0.4 is 16.4 Å². The van der Waals surface area contributed by atoms with E-state index in [-0.39, 0.29) is 35.6 Å². The van der Waals surface area contributed by atoms with E-state index in [9.17, 15) is 18.4 Å². The first-order valence-corrected chi connectivity index (χ1v) is 12.3. The maximum absolute atomic E-state index is 13.7. The predicted octanol–water partition coefficient (Wildman–Crippen LogP) is 4.08. The summed E-state index contributed by atoms with van der Waals surface area (Å²) < 4.78 is 34.4. The number of benzene rings is 2. The lowest BCUT2D eigenvalue weighted by Gasteiger charge is -2.22. The molecule has 0 aliphatic carbocycles. The van der Waals surface area contributed by atoms with Crippen LogP contribution in [-0.2, 0) is 9.53 Å². The maximum atomic E-state index is 13.7. The Kier molecular flexibility index (Phi) is 9.02. The van der Waals surface area contributed by atoms with E-state index in [1.165, 1.54) is 12.3 Å². The van der Waals surface area contributed by atoms with E-state index in [1.54, 1.807) is 36.5 Å². The molecule has 0 spiro atoms. The fraction of sp³-hybridized carbons (Fsp3) is 0.222. The van der Waals surface area contributed by atoms with Crippen molar-refractivity contribution >= 4 is 35.8 Å². The van der Waals surface area contributed by atoms with Gasteiger partial charge in [0.1, 0.15) is 0 Å². The van der Waals surface area contributed by atoms with Crippen molar-refractivity contribution in [1.29, 1.82) is 0 Å². The molecule has 10 nitrogen and oxygen atoms in total. The number of aromatic nitrogens is 4. The number of anilines is 2. The number of nitrogens with one attached hydrogen (secondary N) is 2. The zero-order valence-electron chi connectivity index (χ0n) is 21.1. The minimum Gasteiger partial charge on any atom is -0.442 e. The van der Waals surface area contributed by atoms with Crippen LogP contribution >= 0.6 is 12.4 Å². The van der Waals surface area contributed by atoms with E-state index >= 15 is 0 Å². The summed E-state index contributed by atoms with van der Waals surface area (Å²) in [6.07, 6.45) is 5.35. The van der Waals surface area contributed by atoms with Gasteiger partial charge < -0.3 is 21.1 Å². The Labute approximate surface area is 234 Å². The lowest BCUT2D eigenvalue weighted by molar-refractivity contribution is -0.125. The molecule has 1 aliphatic heterocycles. The smallest absolute Gasteiger partial charge is 0.361 e. The Morgan fingerprint density at radius 2 is 1.82 bits per heavy atom. The maximum Gasteiger partial charge on any atom is 0.361 e. The second-order valence-corrected chi connectivity index (χ2v) is 8.99. The molecule has 208 valence electrons. The average molecular weight is 570 g/mol. The minimum atomic E-state index is -1.45. The van der Waals surface area contributed by atoms with Crippen LogP contribution in [0.5, 0.6) is 0 Å². The number of nitrogens with two attached hydrogens (primary N) is 1. The molecule has 1 amide bonds. The fourth-order valence-corrected chi connectivity index (χ4v) is 4.27. The van der Waals surface area contributed by atoms with E-state index in [2.05, 4.69) is 25.7 Å². The Balaban J connectivity index is 0.00000370. The lowest BCUT2D eigenvalue weighted by atomic mass is 10.1. The number of rotatable bonds is 7. The second-order valence-electron chi connectivity index (χ2n) is 8.99. The van der Waals surface area contributed by atoms with Crippen molar-refractivity contribution in [3.05, 3.63) is 90.0 Å². The van der Waals surface area contributed by atoms with Gasteiger partial charge >= 0.3 is 5.97 Å². The third kappa shape index (κ3) is 6.41. The highest BCUT2D eigenvalue weighted by atomic mass is 35.5. The Morgan fingerprint density at radius 1 is 1.07 bits per heavy atom. The quantitative estimate of drug-likeness (QED) is 0.283. The molecular formula is C27H26ClF2N7O3. The fourth-order valence-electron chi connectivity index (χ4n) is 4.27. The molecule has 4 N–H and O–H groups in total. The normalized spacial score (nSPS) is 14.2. The van der Waals surface area contributed by atoms with Crippen LogP contribution in [0.2, 0.25) is 0 Å². The average Bonchev–Trinajstić information content (AvgIpc) is 3.45. The van der Waals surface area contributed by atoms with Crippen molar-refractivity contribution in [3.8, 4) is 11.3 Å². The summed E-state index contributed by atoms with van der Waals surface area (Å²) in [6.45, 7) is 1.81. The van der Waals surface area contributed by atoms with E-state index < -0.39 is 29.6 Å². The summed E-state index contributed by atoms with van der Waals surface area (Å²) >= 11 is 0. The molecule has 0 bridgehead atoms. The topological polar surface area (TPSA) is 137 Å². The monoisotopic (exact) mass is 569 g/mol. The van der Waals surface area contributed by atoms with Crippen LogP contribution in [0, 0.1) is 11.6 Å². The molecule has 1 aliphatic rings. The Morgan fingerprint density at radius 3 is 2.55 bits per heavy atom. The first kappa shape index (κ1) is 28.6. The highest BCUT2D eigenvalue weighted by Crippen LogP contribution is 2.26. The van der Waals surface area contributed by atoms with Gasteiger partial charge in [0.2, 0.25) is 6.10 Å². The van der Waals surface area contributed by atoms with Crippen molar-refractivity contribution in [2.24, 2.45) is 0 Å². The molecule has 1 fully saturated rings. The minimum absolute atomic E-state index is 0. The van der Waals surface area contributed by atoms with E-state index in [4.69, 9.17) is 10.5 Å². The zero-order valence-corrected chi connectivity index (χ0v) is 21.9. The van der Waals surface area contributed by atoms with Gasteiger partial charge in [-0.2, -0.15) is 5.10 Å². The standard InChI is InChI=1S/C27H25F2N7O3.ClH/c28-20-7-6-18(12-21(20)29)34-26(37)24(16-4-2-1-3-5-16)39-27(38)23-25(30)32-14-22(35-23)17-13-33-36(15-17)19-8-10-31-11-9-19;/h1-7,12-15,19,24,31H,8-11H2,(H2,30,32)(H,34,37);1H/t24-;/m1./s1. The van der Waals surface area contributed by atoms with Gasteiger partial charge in [-0.3, -0.25) is 9.48 Å². The van der Waals surface area contributed by atoms with Crippen LogP contribution in [-0.4, -0.2) is 44.7 Å². The van der Waals surface area contributed by atoms with Gasteiger partial charge in [-0.05, 0) is 38.1 Å². The molecule has 0 saturated carbocycles. The molecular weight excluding hydrogens is 544 g/mol. The number of nitrogen functional groups attached to an aromatic ring is 1. The number of amides is 1. The van der Waals surface area contributed by atoms with Crippen molar-refractivity contribution in [1.82, 2.24) is 25.1 Å². The van der Waals surface area contributed by atoms with Gasteiger partial charge in [-0.15, -0.1) is 12.4 Å². The highest BCUT2D eigenvalue weighted by molar-refractivity contribution is 5.99. The molecule has 0 unspecified atom stereocenters. The predicted molar refractivity (Wildman–Crippen MR) is 146 cm³/mol. The molecule has 1 saturated heterocycles. The SMILES string of the molecule is Cl.Nc1ncc(-c2cnn(C3CCNCC3)c2)nc1C(=O)O[C@@H](C(=O)Nc1ccc(F)c(F)c1)c1ccccc1. The number of hydrogen-bond donors (Lipinski definition) is 3. The molecule has 2 aromatic heterocycles. The first-order chi connectivity index (χ1) is 18.9. The molecule has 0 radical (unpaired) electrons. The molecule has 3 heterocycles. The number of hydrogen-bond acceptors (Lipinski definition) is 8.